The van der Waals surface area contributed by atoms with Gasteiger partial charge in [0.05, 0.1) is 18.6 Å². The highest BCUT2D eigenvalue weighted by Crippen LogP contribution is 2.31. The van der Waals surface area contributed by atoms with E-state index in [1.807, 2.05) is 36.4 Å². The number of H-pyrrole nitrogens is 1. The maximum atomic E-state index is 13.2. The molecule has 0 saturated heterocycles. The van der Waals surface area contributed by atoms with Crippen LogP contribution in [0.1, 0.15) is 17.9 Å². The summed E-state index contributed by atoms with van der Waals surface area (Å²) in [6.07, 6.45) is -0.153. The van der Waals surface area contributed by atoms with Gasteiger partial charge in [-0.3, -0.25) is 19.4 Å². The number of benzene rings is 3. The highest BCUT2D eigenvalue weighted by atomic mass is 16.5. The molecule has 0 saturated carbocycles. The number of rotatable bonds is 5. The second-order valence-corrected chi connectivity index (χ2v) is 7.85. The molecule has 4 aromatic rings. The molecule has 1 atom stereocenters. The van der Waals surface area contributed by atoms with Crippen LogP contribution in [0.2, 0.25) is 0 Å². The summed E-state index contributed by atoms with van der Waals surface area (Å²) >= 11 is 0. The predicted octanol–water partition coefficient (Wildman–Crippen LogP) is 3.74. The van der Waals surface area contributed by atoms with Gasteiger partial charge in [-0.2, -0.15) is 4.98 Å². The van der Waals surface area contributed by atoms with Gasteiger partial charge in [0.15, 0.2) is 0 Å². The normalized spacial score (nSPS) is 14.7. The highest BCUT2D eigenvalue weighted by Gasteiger charge is 2.35. The lowest BCUT2D eigenvalue weighted by Gasteiger charge is -2.24. The predicted molar refractivity (Wildman–Crippen MR) is 130 cm³/mol. The van der Waals surface area contributed by atoms with E-state index in [2.05, 4.69) is 25.9 Å². The third kappa shape index (κ3) is 4.06. The lowest BCUT2D eigenvalue weighted by atomic mass is 9.92. The van der Waals surface area contributed by atoms with E-state index in [1.54, 1.807) is 37.4 Å². The third-order valence-electron chi connectivity index (χ3n) is 5.67. The maximum absolute atomic E-state index is 13.2. The van der Waals surface area contributed by atoms with E-state index in [4.69, 9.17) is 4.74 Å². The summed E-state index contributed by atoms with van der Waals surface area (Å²) in [7, 11) is 1.57. The molecule has 2 amide bonds. The second kappa shape index (κ2) is 8.70. The zero-order valence-corrected chi connectivity index (χ0v) is 18.2. The molecule has 0 aliphatic carbocycles. The number of aromatic nitrogens is 2. The van der Waals surface area contributed by atoms with Crippen molar-refractivity contribution < 1.29 is 14.3 Å². The summed E-state index contributed by atoms with van der Waals surface area (Å²) < 4.78 is 5.14. The molecule has 1 aliphatic heterocycles. The molecule has 1 aliphatic rings. The van der Waals surface area contributed by atoms with Crippen LogP contribution in [0.15, 0.2) is 71.5 Å². The molecule has 4 N–H and O–H groups in total. The summed E-state index contributed by atoms with van der Waals surface area (Å²) in [5.41, 5.74) is 0.894. The average molecular weight is 455 g/mol. The Hall–Kier alpha value is -4.66. The number of amides is 2. The Kier molecular flexibility index (Phi) is 5.43. The number of carbonyl (C=O) groups excluding carboxylic acids is 2. The number of nitrogens with zero attached hydrogens (tertiary/aromatic N) is 1. The van der Waals surface area contributed by atoms with E-state index in [0.29, 0.717) is 17.1 Å². The maximum Gasteiger partial charge on any atom is 0.258 e. The van der Waals surface area contributed by atoms with Crippen LogP contribution in [0.3, 0.4) is 0 Å². The number of fused-ring (bicyclic) bond motifs is 2. The molecule has 2 heterocycles. The lowest BCUT2D eigenvalue weighted by molar-refractivity contribution is -0.123. The number of hydrogen-bond acceptors (Lipinski definition) is 6. The molecule has 9 nitrogen and oxygen atoms in total. The van der Waals surface area contributed by atoms with Gasteiger partial charge >= 0.3 is 0 Å². The van der Waals surface area contributed by atoms with Crippen LogP contribution in [0.4, 0.5) is 23.1 Å². The number of methoxy groups -OCH3 is 1. The first-order chi connectivity index (χ1) is 16.5. The number of ether oxygens (including phenoxy) is 1. The molecule has 0 unspecified atom stereocenters. The number of anilines is 4. The number of hydrogen-bond donors (Lipinski definition) is 4. The van der Waals surface area contributed by atoms with E-state index in [-0.39, 0.29) is 29.7 Å². The first-order valence-corrected chi connectivity index (χ1v) is 10.7. The molecule has 170 valence electrons. The van der Waals surface area contributed by atoms with Crippen molar-refractivity contribution in [2.45, 2.75) is 12.3 Å². The molecule has 0 radical (unpaired) electrons. The molecular weight excluding hydrogens is 434 g/mol. The smallest absolute Gasteiger partial charge is 0.258 e. The van der Waals surface area contributed by atoms with Crippen molar-refractivity contribution in [2.24, 2.45) is 0 Å². The van der Waals surface area contributed by atoms with Gasteiger partial charge in [0.25, 0.3) is 5.56 Å². The van der Waals surface area contributed by atoms with Gasteiger partial charge in [-0.25, -0.2) is 0 Å². The van der Waals surface area contributed by atoms with Crippen LogP contribution in [0, 0.1) is 0 Å². The van der Waals surface area contributed by atoms with Gasteiger partial charge < -0.3 is 20.7 Å². The zero-order valence-electron chi connectivity index (χ0n) is 18.2. The van der Waals surface area contributed by atoms with Gasteiger partial charge in [0, 0.05) is 23.2 Å². The summed E-state index contributed by atoms with van der Waals surface area (Å²) in [4.78, 5) is 45.6. The highest BCUT2D eigenvalue weighted by molar-refractivity contribution is 6.08. The molecule has 9 heteroatoms. The molecule has 1 aromatic heterocycles. The van der Waals surface area contributed by atoms with Crippen LogP contribution >= 0.6 is 0 Å². The number of aromatic amines is 1. The van der Waals surface area contributed by atoms with Gasteiger partial charge in [-0.05, 0) is 35.7 Å². The monoisotopic (exact) mass is 455 g/mol. The number of nitrogens with one attached hydrogen (secondary N) is 4. The SMILES string of the molecule is COc1ccc(Nc2nc3c(c(=O)[nH]2)[C@H](C(=O)Nc2cccc4ccccc24)CC(=O)N3)cc1. The largest absolute Gasteiger partial charge is 0.497 e. The van der Waals surface area contributed by atoms with E-state index in [1.165, 1.54) is 0 Å². The van der Waals surface area contributed by atoms with E-state index >= 15 is 0 Å². The Bertz CT molecular complexity index is 1460. The fraction of sp³-hybridized carbons (Fsp3) is 0.120. The van der Waals surface area contributed by atoms with Crippen molar-refractivity contribution in [3.05, 3.63) is 82.6 Å². The zero-order chi connectivity index (χ0) is 23.7. The van der Waals surface area contributed by atoms with Crippen molar-refractivity contribution in [2.75, 3.05) is 23.1 Å². The van der Waals surface area contributed by atoms with Crippen LogP contribution in [0.25, 0.3) is 10.8 Å². The minimum Gasteiger partial charge on any atom is -0.497 e. The first kappa shape index (κ1) is 21.2. The number of carbonyl (C=O) groups is 2. The van der Waals surface area contributed by atoms with Crippen LogP contribution in [-0.4, -0.2) is 28.9 Å². The van der Waals surface area contributed by atoms with Crippen molar-refractivity contribution in [3.63, 3.8) is 0 Å². The average Bonchev–Trinajstić information content (AvgIpc) is 2.84. The molecule has 0 fully saturated rings. The minimum atomic E-state index is -0.978. The van der Waals surface area contributed by atoms with Crippen molar-refractivity contribution in [1.29, 1.82) is 0 Å². The molecule has 0 bridgehead atoms. The quantitative estimate of drug-likeness (QED) is 0.363. The van der Waals surface area contributed by atoms with E-state index < -0.39 is 17.4 Å². The fourth-order valence-corrected chi connectivity index (χ4v) is 4.02. The Morgan fingerprint density at radius 1 is 1.03 bits per heavy atom. The topological polar surface area (TPSA) is 125 Å². The van der Waals surface area contributed by atoms with Gasteiger partial charge in [-0.1, -0.05) is 36.4 Å². The van der Waals surface area contributed by atoms with Gasteiger partial charge in [-0.15, -0.1) is 0 Å². The standard InChI is InChI=1S/C25H21N5O4/c1-34-16-11-9-15(10-12-16)26-25-29-22-21(24(33)30-25)18(13-20(31)28-22)23(32)27-19-8-4-6-14-5-2-3-7-17(14)19/h2-12,18H,13H2,1H3,(H,27,32)(H3,26,28,29,30,31,33)/t18-/m1/s1. The lowest BCUT2D eigenvalue weighted by Crippen LogP contribution is -2.36. The Balaban J connectivity index is 1.44. The summed E-state index contributed by atoms with van der Waals surface area (Å²) in [5.74, 6) is -0.924. The van der Waals surface area contributed by atoms with Crippen LogP contribution in [0.5, 0.6) is 5.75 Å². The minimum absolute atomic E-state index is 0.0640. The van der Waals surface area contributed by atoms with E-state index in [0.717, 1.165) is 10.8 Å². The Morgan fingerprint density at radius 3 is 2.59 bits per heavy atom. The van der Waals surface area contributed by atoms with Crippen molar-refractivity contribution in [3.8, 4) is 5.75 Å². The summed E-state index contributed by atoms with van der Waals surface area (Å²) in [5, 5.41) is 10.3. The molecule has 0 spiro atoms. The summed E-state index contributed by atoms with van der Waals surface area (Å²) in [6, 6.07) is 20.3. The van der Waals surface area contributed by atoms with Gasteiger partial charge in [0.2, 0.25) is 17.8 Å². The van der Waals surface area contributed by atoms with E-state index in [9.17, 15) is 14.4 Å². The fourth-order valence-electron chi connectivity index (χ4n) is 4.02. The van der Waals surface area contributed by atoms with Crippen LogP contribution in [-0.2, 0) is 9.59 Å². The molecule has 3 aromatic carbocycles. The van der Waals surface area contributed by atoms with Crippen molar-refractivity contribution >= 4 is 45.7 Å². The molecule has 5 rings (SSSR count). The third-order valence-corrected chi connectivity index (χ3v) is 5.67. The summed E-state index contributed by atoms with van der Waals surface area (Å²) in [6.45, 7) is 0. The van der Waals surface area contributed by atoms with Crippen LogP contribution < -0.4 is 26.2 Å². The Labute approximate surface area is 194 Å². The Morgan fingerprint density at radius 2 is 1.79 bits per heavy atom. The second-order valence-electron chi connectivity index (χ2n) is 7.85. The van der Waals surface area contributed by atoms with Crippen molar-refractivity contribution in [1.82, 2.24) is 9.97 Å². The first-order valence-electron chi connectivity index (χ1n) is 10.7. The molecular formula is C25H21N5O4. The van der Waals surface area contributed by atoms with Gasteiger partial charge in [0.1, 0.15) is 11.6 Å². The molecule has 34 heavy (non-hydrogen) atoms.